The number of amides is 2. The van der Waals surface area contributed by atoms with Crippen molar-refractivity contribution < 1.29 is 18.7 Å². The number of ether oxygens (including phenoxy) is 1. The zero-order chi connectivity index (χ0) is 15.2. The fourth-order valence-electron chi connectivity index (χ4n) is 2.08. The molecule has 1 aliphatic heterocycles. The number of hydrogen-bond donors (Lipinski definition) is 1. The fraction of sp³-hybridized carbons (Fsp3) is 0.538. The summed E-state index contributed by atoms with van der Waals surface area (Å²) in [4.78, 5) is 31.8. The third-order valence-corrected chi connectivity index (χ3v) is 3.09. The molecule has 1 aromatic rings. The van der Waals surface area contributed by atoms with Crippen molar-refractivity contribution in [1.29, 1.82) is 0 Å². The maximum atomic E-state index is 12.7. The van der Waals surface area contributed by atoms with Crippen molar-refractivity contribution >= 4 is 11.8 Å². The zero-order valence-corrected chi connectivity index (χ0v) is 11.7. The maximum Gasteiger partial charge on any atom is 0.316 e. The molecule has 21 heavy (non-hydrogen) atoms. The van der Waals surface area contributed by atoms with Crippen LogP contribution in [0.2, 0.25) is 0 Å². The number of rotatable bonds is 4. The average molecular weight is 296 g/mol. The van der Waals surface area contributed by atoms with E-state index in [0.717, 1.165) is 25.2 Å². The highest BCUT2D eigenvalue weighted by Crippen LogP contribution is 2.15. The van der Waals surface area contributed by atoms with Crippen LogP contribution in [0.4, 0.5) is 4.39 Å². The predicted molar refractivity (Wildman–Crippen MR) is 70.9 cm³/mol. The van der Waals surface area contributed by atoms with Crippen LogP contribution in [0.25, 0.3) is 0 Å². The summed E-state index contributed by atoms with van der Waals surface area (Å²) >= 11 is 0. The van der Waals surface area contributed by atoms with Crippen molar-refractivity contribution in [2.75, 3.05) is 19.6 Å². The van der Waals surface area contributed by atoms with Gasteiger partial charge in [0.2, 0.25) is 11.8 Å². The van der Waals surface area contributed by atoms with E-state index in [1.54, 1.807) is 4.90 Å². The van der Waals surface area contributed by atoms with Gasteiger partial charge in [0.25, 0.3) is 0 Å². The average Bonchev–Trinajstić information content (AvgIpc) is 2.47. The Morgan fingerprint density at radius 1 is 1.48 bits per heavy atom. The van der Waals surface area contributed by atoms with Crippen molar-refractivity contribution in [3.05, 3.63) is 18.2 Å². The Morgan fingerprint density at radius 3 is 2.86 bits per heavy atom. The molecule has 0 aliphatic carbocycles. The van der Waals surface area contributed by atoms with Crippen LogP contribution >= 0.6 is 0 Å². The second-order valence-corrected chi connectivity index (χ2v) is 4.82. The van der Waals surface area contributed by atoms with Crippen LogP contribution in [0.5, 0.6) is 6.01 Å². The minimum Gasteiger partial charge on any atom is -0.458 e. The Kier molecular flexibility index (Phi) is 5.02. The lowest BCUT2D eigenvalue weighted by molar-refractivity contribution is -0.134. The topological polar surface area (TPSA) is 84.4 Å². The molecule has 0 spiro atoms. The summed E-state index contributed by atoms with van der Waals surface area (Å²) in [6, 6.07) is 0.0950. The molecule has 1 aliphatic rings. The second-order valence-electron chi connectivity index (χ2n) is 4.82. The number of likely N-dealkylation sites (tertiary alicyclic amines) is 1. The zero-order valence-electron chi connectivity index (χ0n) is 11.7. The molecule has 0 bridgehead atoms. The van der Waals surface area contributed by atoms with E-state index in [-0.39, 0.29) is 30.5 Å². The molecule has 2 heterocycles. The van der Waals surface area contributed by atoms with Crippen molar-refractivity contribution in [3.8, 4) is 6.01 Å². The molecule has 0 radical (unpaired) electrons. The SMILES string of the molecule is CC(=O)NCC(=O)N1CCC[C@H](Oc2ncc(F)cn2)C1. The van der Waals surface area contributed by atoms with Gasteiger partial charge in [-0.05, 0) is 12.8 Å². The van der Waals surface area contributed by atoms with Gasteiger partial charge in [-0.2, -0.15) is 0 Å². The lowest BCUT2D eigenvalue weighted by Gasteiger charge is -2.32. The molecule has 1 N–H and O–H groups in total. The minimum absolute atomic E-state index is 0.0187. The number of aromatic nitrogens is 2. The van der Waals surface area contributed by atoms with E-state index in [1.165, 1.54) is 6.92 Å². The highest BCUT2D eigenvalue weighted by molar-refractivity contribution is 5.83. The van der Waals surface area contributed by atoms with E-state index in [2.05, 4.69) is 15.3 Å². The molecule has 114 valence electrons. The first-order chi connectivity index (χ1) is 10.0. The van der Waals surface area contributed by atoms with Crippen LogP contribution in [0, 0.1) is 5.82 Å². The predicted octanol–water partition coefficient (Wildman–Crippen LogP) is 0.122. The van der Waals surface area contributed by atoms with E-state index in [4.69, 9.17) is 4.74 Å². The van der Waals surface area contributed by atoms with E-state index in [0.29, 0.717) is 13.1 Å². The number of carbonyl (C=O) groups excluding carboxylic acids is 2. The first kappa shape index (κ1) is 15.1. The third-order valence-electron chi connectivity index (χ3n) is 3.09. The largest absolute Gasteiger partial charge is 0.458 e. The Bertz CT molecular complexity index is 509. The lowest BCUT2D eigenvalue weighted by Crippen LogP contribution is -2.47. The first-order valence-corrected chi connectivity index (χ1v) is 6.71. The third kappa shape index (κ3) is 4.66. The quantitative estimate of drug-likeness (QED) is 0.853. The van der Waals surface area contributed by atoms with Gasteiger partial charge in [-0.1, -0.05) is 0 Å². The molecule has 7 nitrogen and oxygen atoms in total. The standard InChI is InChI=1S/C13H17FN4O3/c1-9(19)15-7-12(20)18-4-2-3-11(8-18)21-13-16-5-10(14)6-17-13/h5-6,11H,2-4,7-8H2,1H3,(H,15,19)/t11-/m0/s1. The van der Waals surface area contributed by atoms with Gasteiger partial charge >= 0.3 is 6.01 Å². The molecule has 1 fully saturated rings. The van der Waals surface area contributed by atoms with E-state index >= 15 is 0 Å². The van der Waals surface area contributed by atoms with Crippen molar-refractivity contribution in [2.24, 2.45) is 0 Å². The molecule has 1 atom stereocenters. The minimum atomic E-state index is -0.530. The van der Waals surface area contributed by atoms with Gasteiger partial charge in [0.15, 0.2) is 5.82 Å². The number of nitrogens with one attached hydrogen (secondary N) is 1. The molecular formula is C13H17FN4O3. The van der Waals surface area contributed by atoms with E-state index in [9.17, 15) is 14.0 Å². The van der Waals surface area contributed by atoms with Gasteiger partial charge < -0.3 is 15.0 Å². The monoisotopic (exact) mass is 296 g/mol. The molecule has 0 unspecified atom stereocenters. The van der Waals surface area contributed by atoms with Crippen LogP contribution in [-0.2, 0) is 9.59 Å². The Morgan fingerprint density at radius 2 is 2.19 bits per heavy atom. The van der Waals surface area contributed by atoms with Crippen LogP contribution in [0.1, 0.15) is 19.8 Å². The Hall–Kier alpha value is -2.25. The summed E-state index contributed by atoms with van der Waals surface area (Å²) in [6.45, 7) is 2.37. The molecule has 2 rings (SSSR count). The summed E-state index contributed by atoms with van der Waals surface area (Å²) in [5.41, 5.74) is 0. The molecule has 0 saturated carbocycles. The van der Waals surface area contributed by atoms with Crippen LogP contribution in [0.3, 0.4) is 0 Å². The lowest BCUT2D eigenvalue weighted by atomic mass is 10.1. The van der Waals surface area contributed by atoms with E-state index in [1.807, 2.05) is 0 Å². The van der Waals surface area contributed by atoms with Crippen LogP contribution < -0.4 is 10.1 Å². The molecule has 2 amide bonds. The van der Waals surface area contributed by atoms with Crippen molar-refractivity contribution in [2.45, 2.75) is 25.9 Å². The highest BCUT2D eigenvalue weighted by Gasteiger charge is 2.25. The van der Waals surface area contributed by atoms with Gasteiger partial charge in [-0.15, -0.1) is 0 Å². The van der Waals surface area contributed by atoms with Gasteiger partial charge in [0.1, 0.15) is 6.10 Å². The Labute approximate surface area is 121 Å². The number of carbonyl (C=O) groups is 2. The summed E-state index contributed by atoms with van der Waals surface area (Å²) in [5.74, 6) is -0.926. The van der Waals surface area contributed by atoms with Crippen LogP contribution in [0.15, 0.2) is 12.4 Å². The first-order valence-electron chi connectivity index (χ1n) is 6.71. The molecule has 1 saturated heterocycles. The number of halogens is 1. The van der Waals surface area contributed by atoms with Crippen molar-refractivity contribution in [1.82, 2.24) is 20.2 Å². The number of hydrogen-bond acceptors (Lipinski definition) is 5. The molecule has 1 aromatic heterocycles. The fourth-order valence-corrected chi connectivity index (χ4v) is 2.08. The Balaban J connectivity index is 1.86. The molecule has 0 aromatic carbocycles. The second kappa shape index (κ2) is 6.96. The number of piperidine rings is 1. The van der Waals surface area contributed by atoms with Gasteiger partial charge in [0.05, 0.1) is 25.5 Å². The van der Waals surface area contributed by atoms with Gasteiger partial charge in [0, 0.05) is 13.5 Å². The van der Waals surface area contributed by atoms with Crippen LogP contribution in [-0.4, -0.2) is 52.4 Å². The summed E-state index contributed by atoms with van der Waals surface area (Å²) in [7, 11) is 0. The summed E-state index contributed by atoms with van der Waals surface area (Å²) < 4.78 is 18.3. The highest BCUT2D eigenvalue weighted by atomic mass is 19.1. The molecule has 8 heteroatoms. The smallest absolute Gasteiger partial charge is 0.316 e. The number of nitrogens with zero attached hydrogens (tertiary/aromatic N) is 3. The van der Waals surface area contributed by atoms with E-state index < -0.39 is 5.82 Å². The summed E-state index contributed by atoms with van der Waals surface area (Å²) in [6.07, 6.45) is 3.39. The summed E-state index contributed by atoms with van der Waals surface area (Å²) in [5, 5.41) is 2.48. The molecular weight excluding hydrogens is 279 g/mol. The normalized spacial score (nSPS) is 18.2. The van der Waals surface area contributed by atoms with Crippen molar-refractivity contribution in [3.63, 3.8) is 0 Å². The maximum absolute atomic E-state index is 12.7. The van der Waals surface area contributed by atoms with Gasteiger partial charge in [-0.3, -0.25) is 9.59 Å². The van der Waals surface area contributed by atoms with Gasteiger partial charge in [-0.25, -0.2) is 14.4 Å².